The van der Waals surface area contributed by atoms with Gasteiger partial charge in [0.15, 0.2) is 12.7 Å². The third-order valence-corrected chi connectivity index (χ3v) is 4.53. The highest BCUT2D eigenvalue weighted by Crippen LogP contribution is 2.53. The van der Waals surface area contributed by atoms with Gasteiger partial charge in [-0.15, -0.1) is 0 Å². The van der Waals surface area contributed by atoms with Gasteiger partial charge in [0.1, 0.15) is 17.3 Å². The lowest BCUT2D eigenvalue weighted by molar-refractivity contribution is -0.172. The number of hydrogen-bond donors (Lipinski definition) is 2. The fraction of sp³-hybridized carbons (Fsp3) is 0.692. The molecule has 2 heterocycles. The molecular weight excluding hydrogens is 348 g/mol. The van der Waals surface area contributed by atoms with E-state index in [4.69, 9.17) is 13.7 Å². The van der Waals surface area contributed by atoms with Crippen LogP contribution in [0.15, 0.2) is 12.7 Å². The molecule has 136 valence electrons. The summed E-state index contributed by atoms with van der Waals surface area (Å²) in [4.78, 5) is 22.8. The SMILES string of the molecule is C=CC(=O)OCC(=O)OC1C(OS(=O)[O-])C2(CO)CCC1(CO)O2. The Balaban J connectivity index is 2.17. The Morgan fingerprint density at radius 3 is 2.38 bits per heavy atom. The van der Waals surface area contributed by atoms with E-state index in [0.717, 1.165) is 6.08 Å². The molecule has 2 bridgehead atoms. The second-order valence-corrected chi connectivity index (χ2v) is 6.09. The summed E-state index contributed by atoms with van der Waals surface area (Å²) < 4.78 is 41.9. The maximum Gasteiger partial charge on any atom is 0.344 e. The zero-order valence-corrected chi connectivity index (χ0v) is 13.4. The van der Waals surface area contributed by atoms with Gasteiger partial charge in [0.2, 0.25) is 0 Å². The summed E-state index contributed by atoms with van der Waals surface area (Å²) in [6.45, 7) is 1.27. The van der Waals surface area contributed by atoms with E-state index in [1.807, 2.05) is 0 Å². The van der Waals surface area contributed by atoms with Crippen molar-refractivity contribution in [2.75, 3.05) is 19.8 Å². The number of ether oxygens (including phenoxy) is 3. The maximum absolute atomic E-state index is 11.8. The Morgan fingerprint density at radius 1 is 1.29 bits per heavy atom. The van der Waals surface area contributed by atoms with Crippen LogP contribution in [0.3, 0.4) is 0 Å². The first-order valence-corrected chi connectivity index (χ1v) is 7.99. The summed E-state index contributed by atoms with van der Waals surface area (Å²) in [5.74, 6) is -1.83. The van der Waals surface area contributed by atoms with Crippen LogP contribution in [0.25, 0.3) is 0 Å². The average Bonchev–Trinajstić information content (AvgIpc) is 3.06. The van der Waals surface area contributed by atoms with E-state index in [1.54, 1.807) is 0 Å². The highest BCUT2D eigenvalue weighted by Gasteiger charge is 2.70. The molecule has 0 radical (unpaired) electrons. The number of carbonyl (C=O) groups excluding carboxylic acids is 2. The molecule has 0 amide bonds. The standard InChI is InChI=1S/C13H18O10S/c1-2-8(16)20-5-9(17)21-10-11(22-24(18)19)13(7-15)4-3-12(10,6-14)23-13/h2,10-11,14-15H,1,3-7H2,(H,18,19)/p-1. The summed E-state index contributed by atoms with van der Waals surface area (Å²) in [5.41, 5.74) is -2.81. The molecule has 0 aliphatic carbocycles. The predicted octanol–water partition coefficient (Wildman–Crippen LogP) is -1.91. The van der Waals surface area contributed by atoms with E-state index in [-0.39, 0.29) is 12.8 Å². The monoisotopic (exact) mass is 365 g/mol. The lowest BCUT2D eigenvalue weighted by atomic mass is 9.78. The lowest BCUT2D eigenvalue weighted by Crippen LogP contribution is -2.55. The topological polar surface area (TPSA) is 152 Å². The Bertz CT molecular complexity index is 551. The number of hydrogen-bond acceptors (Lipinski definition) is 10. The first-order valence-electron chi connectivity index (χ1n) is 6.99. The first kappa shape index (κ1) is 19.0. The maximum atomic E-state index is 11.8. The minimum Gasteiger partial charge on any atom is -0.750 e. The summed E-state index contributed by atoms with van der Waals surface area (Å²) >= 11 is -2.97. The zero-order valence-electron chi connectivity index (χ0n) is 12.5. The van der Waals surface area contributed by atoms with Crippen molar-refractivity contribution in [2.24, 2.45) is 0 Å². The van der Waals surface area contributed by atoms with Crippen molar-refractivity contribution in [3.63, 3.8) is 0 Å². The zero-order chi connectivity index (χ0) is 18.0. The summed E-state index contributed by atoms with van der Waals surface area (Å²) in [6, 6.07) is 0. The molecule has 10 nitrogen and oxygen atoms in total. The van der Waals surface area contributed by atoms with E-state index in [1.165, 1.54) is 0 Å². The van der Waals surface area contributed by atoms with E-state index in [0.29, 0.717) is 0 Å². The van der Waals surface area contributed by atoms with Gasteiger partial charge in [-0.1, -0.05) is 6.58 Å². The number of fused-ring (bicyclic) bond motifs is 2. The molecule has 0 aromatic heterocycles. The van der Waals surface area contributed by atoms with Crippen molar-refractivity contribution < 1.29 is 47.0 Å². The van der Waals surface area contributed by atoms with Crippen molar-refractivity contribution in [1.82, 2.24) is 0 Å². The molecular formula is C13H17O10S-. The predicted molar refractivity (Wildman–Crippen MR) is 74.8 cm³/mol. The fourth-order valence-corrected chi connectivity index (χ4v) is 3.49. The van der Waals surface area contributed by atoms with E-state index >= 15 is 0 Å². The summed E-state index contributed by atoms with van der Waals surface area (Å²) in [6.07, 6.45) is -1.33. The van der Waals surface area contributed by atoms with Crippen LogP contribution in [0.2, 0.25) is 0 Å². The van der Waals surface area contributed by atoms with Gasteiger partial charge < -0.3 is 29.0 Å². The van der Waals surface area contributed by atoms with Gasteiger partial charge in [-0.05, 0) is 12.8 Å². The molecule has 2 rings (SSSR count). The Kier molecular flexibility index (Phi) is 5.73. The van der Waals surface area contributed by atoms with Gasteiger partial charge in [-0.3, -0.25) is 4.18 Å². The highest BCUT2D eigenvalue weighted by molar-refractivity contribution is 7.74. The molecule has 0 saturated carbocycles. The van der Waals surface area contributed by atoms with Crippen LogP contribution in [0, 0.1) is 0 Å². The molecule has 0 aromatic carbocycles. The normalized spacial score (nSPS) is 35.5. The van der Waals surface area contributed by atoms with Crippen LogP contribution in [0.4, 0.5) is 0 Å². The first-order chi connectivity index (χ1) is 11.3. The van der Waals surface area contributed by atoms with Crippen LogP contribution in [-0.2, 0) is 39.3 Å². The molecule has 2 aliphatic rings. The van der Waals surface area contributed by atoms with Crippen LogP contribution in [-0.4, -0.2) is 74.1 Å². The van der Waals surface area contributed by atoms with Crippen LogP contribution in [0.5, 0.6) is 0 Å². The van der Waals surface area contributed by atoms with Crippen LogP contribution < -0.4 is 0 Å². The van der Waals surface area contributed by atoms with Crippen molar-refractivity contribution in [2.45, 2.75) is 36.3 Å². The summed E-state index contributed by atoms with van der Waals surface area (Å²) in [7, 11) is 0. The van der Waals surface area contributed by atoms with Crippen LogP contribution in [0.1, 0.15) is 12.8 Å². The van der Waals surface area contributed by atoms with Gasteiger partial charge in [-0.25, -0.2) is 13.8 Å². The minimum absolute atomic E-state index is 0.214. The molecule has 2 fully saturated rings. The second-order valence-electron chi connectivity index (χ2n) is 5.49. The average molecular weight is 365 g/mol. The molecule has 2 aliphatic heterocycles. The molecule has 0 aromatic rings. The molecule has 11 heteroatoms. The van der Waals surface area contributed by atoms with E-state index in [2.05, 4.69) is 11.3 Å². The van der Waals surface area contributed by atoms with Gasteiger partial charge in [-0.2, -0.15) is 0 Å². The van der Waals surface area contributed by atoms with Crippen molar-refractivity contribution >= 4 is 23.3 Å². The lowest BCUT2D eigenvalue weighted by Gasteiger charge is -2.36. The van der Waals surface area contributed by atoms with Gasteiger partial charge >= 0.3 is 11.9 Å². The fourth-order valence-electron chi connectivity index (χ4n) is 3.04. The minimum atomic E-state index is -2.97. The third-order valence-electron chi connectivity index (χ3n) is 4.16. The quantitative estimate of drug-likeness (QED) is 0.283. The van der Waals surface area contributed by atoms with Gasteiger partial charge in [0.05, 0.1) is 24.6 Å². The van der Waals surface area contributed by atoms with Gasteiger partial charge in [0, 0.05) is 6.08 Å². The van der Waals surface area contributed by atoms with Crippen molar-refractivity contribution in [3.8, 4) is 0 Å². The highest BCUT2D eigenvalue weighted by atomic mass is 32.2. The smallest absolute Gasteiger partial charge is 0.344 e. The Labute approximate surface area is 139 Å². The molecule has 5 unspecified atom stereocenters. The molecule has 2 saturated heterocycles. The second kappa shape index (κ2) is 7.25. The number of esters is 2. The van der Waals surface area contributed by atoms with E-state index in [9.17, 15) is 28.6 Å². The van der Waals surface area contributed by atoms with Crippen molar-refractivity contribution in [1.29, 1.82) is 0 Å². The van der Waals surface area contributed by atoms with Gasteiger partial charge in [0.25, 0.3) is 0 Å². The molecule has 24 heavy (non-hydrogen) atoms. The van der Waals surface area contributed by atoms with Crippen LogP contribution >= 0.6 is 0 Å². The number of rotatable bonds is 8. The van der Waals surface area contributed by atoms with E-state index < -0.39 is 66.5 Å². The molecule has 5 atom stereocenters. The Morgan fingerprint density at radius 2 is 1.88 bits per heavy atom. The van der Waals surface area contributed by atoms with Crippen molar-refractivity contribution in [3.05, 3.63) is 12.7 Å². The summed E-state index contributed by atoms with van der Waals surface area (Å²) in [5, 5.41) is 19.2. The Hall–Kier alpha value is -1.37. The molecule has 0 spiro atoms. The molecule has 2 N–H and O–H groups in total. The number of aliphatic hydroxyl groups is 2. The number of aliphatic hydroxyl groups excluding tert-OH is 2. The largest absolute Gasteiger partial charge is 0.750 e. The number of carbonyl (C=O) groups is 2. The third kappa shape index (κ3) is 3.36.